The van der Waals surface area contributed by atoms with Crippen molar-refractivity contribution in [2.45, 2.75) is 116 Å². The number of hydrogen-bond donors (Lipinski definition) is 0. The number of hydrogen-bond acceptors (Lipinski definition) is 2. The number of fused-ring (bicyclic) bond motifs is 2. The van der Waals surface area contributed by atoms with Crippen LogP contribution in [0.15, 0.2) is 0 Å². The van der Waals surface area contributed by atoms with E-state index >= 15 is 0 Å². The smallest absolute Gasteiger partial charge is 0.0233 e. The summed E-state index contributed by atoms with van der Waals surface area (Å²) in [5.41, 5.74) is 1.13. The molecular formula is C24H44N2. The number of rotatable bonds is 10. The minimum Gasteiger partial charge on any atom is -0.299 e. The van der Waals surface area contributed by atoms with Gasteiger partial charge < -0.3 is 0 Å². The fraction of sp³-hybridized carbons (Fsp3) is 1.00. The van der Waals surface area contributed by atoms with Crippen LogP contribution < -0.4 is 0 Å². The summed E-state index contributed by atoms with van der Waals surface area (Å²) in [7, 11) is 0. The molecule has 7 aliphatic rings. The van der Waals surface area contributed by atoms with Gasteiger partial charge in [0.2, 0.25) is 0 Å². The first-order chi connectivity index (χ1) is 12.5. The van der Waals surface area contributed by atoms with Crippen molar-refractivity contribution in [3.05, 3.63) is 0 Å². The molecule has 6 bridgehead atoms. The molecule has 7 rings (SSSR count). The second-order valence-corrected chi connectivity index (χ2v) is 10.8. The van der Waals surface area contributed by atoms with Crippen LogP contribution in [0.2, 0.25) is 0 Å². The molecule has 0 radical (unpaired) electrons. The van der Waals surface area contributed by atoms with Crippen LogP contribution in [-0.4, -0.2) is 47.6 Å². The van der Waals surface area contributed by atoms with E-state index in [1.54, 1.807) is 0 Å². The average Bonchev–Trinajstić information content (AvgIpc) is 2.61. The van der Waals surface area contributed by atoms with Crippen LogP contribution in [0.5, 0.6) is 0 Å². The highest BCUT2D eigenvalue weighted by molar-refractivity contribution is 5.26. The van der Waals surface area contributed by atoms with Crippen LogP contribution in [0.1, 0.15) is 98.3 Å². The predicted octanol–water partition coefficient (Wildman–Crippen LogP) is 5.71. The van der Waals surface area contributed by atoms with Gasteiger partial charge in [0.25, 0.3) is 0 Å². The lowest BCUT2D eigenvalue weighted by Crippen LogP contribution is -2.85. The molecule has 1 unspecified atom stereocenters. The van der Waals surface area contributed by atoms with Crippen LogP contribution in [0.4, 0.5) is 0 Å². The van der Waals surface area contributed by atoms with Crippen molar-refractivity contribution in [2.75, 3.05) is 19.6 Å². The molecule has 150 valence electrons. The first kappa shape index (κ1) is 19.2. The molecular weight excluding hydrogens is 316 g/mol. The topological polar surface area (TPSA) is 6.48 Å². The Morgan fingerprint density at radius 2 is 1.58 bits per heavy atom. The molecule has 7 fully saturated rings. The lowest BCUT2D eigenvalue weighted by molar-refractivity contribution is -0.286. The van der Waals surface area contributed by atoms with Crippen molar-refractivity contribution in [3.8, 4) is 0 Å². The summed E-state index contributed by atoms with van der Waals surface area (Å²) in [6, 6.07) is 2.69. The molecule has 2 nitrogen and oxygen atoms in total. The van der Waals surface area contributed by atoms with Crippen molar-refractivity contribution >= 4 is 0 Å². The summed E-state index contributed by atoms with van der Waals surface area (Å²) in [6.07, 6.45) is 15.8. The highest BCUT2D eigenvalue weighted by atomic mass is 15.3. The zero-order valence-corrected chi connectivity index (χ0v) is 18.1. The molecule has 0 spiro atoms. The largest absolute Gasteiger partial charge is 0.299 e. The van der Waals surface area contributed by atoms with E-state index in [0.29, 0.717) is 10.8 Å². The SMILES string of the molecule is CCCCCCN1CC2(C)C[C@@H]3[C@H]4CC[C@](C)([C@@H]2N4CCCCCC)[C@@H]31. The van der Waals surface area contributed by atoms with E-state index in [1.807, 2.05) is 0 Å². The van der Waals surface area contributed by atoms with E-state index in [-0.39, 0.29) is 0 Å². The summed E-state index contributed by atoms with van der Waals surface area (Å²) in [5, 5.41) is 0. The summed E-state index contributed by atoms with van der Waals surface area (Å²) in [6.45, 7) is 14.2. The van der Waals surface area contributed by atoms with Gasteiger partial charge >= 0.3 is 0 Å². The standard InChI is InChI=1S/C24H44N2/c1-5-7-9-11-15-25-18-23(3)17-19-20-13-14-24(4,21(19)25)22(23)26(20)16-12-10-8-6-2/h19-22H,5-18H2,1-4H3/t19-,20-,21-,22-,23?,24+/m1/s1. The molecule has 0 aromatic heterocycles. The molecule has 0 aromatic rings. The number of unbranched alkanes of at least 4 members (excludes halogenated alkanes) is 6. The van der Waals surface area contributed by atoms with E-state index in [1.165, 1.54) is 90.3 Å². The Morgan fingerprint density at radius 1 is 0.885 bits per heavy atom. The molecule has 2 aliphatic carbocycles. The Labute approximate surface area is 163 Å². The Bertz CT molecular complexity index is 491. The molecule has 5 heterocycles. The maximum Gasteiger partial charge on any atom is 0.0233 e. The number of piperidine rings is 5. The molecule has 5 aliphatic heterocycles. The molecule has 0 aromatic carbocycles. The minimum atomic E-state index is 0.556. The van der Waals surface area contributed by atoms with Crippen LogP contribution in [0, 0.1) is 16.7 Å². The zero-order valence-electron chi connectivity index (χ0n) is 18.1. The third-order valence-corrected chi connectivity index (χ3v) is 8.83. The van der Waals surface area contributed by atoms with Gasteiger partial charge in [-0.25, -0.2) is 0 Å². The summed E-state index contributed by atoms with van der Waals surface area (Å²) in [5.74, 6) is 0.967. The fourth-order valence-corrected chi connectivity index (χ4v) is 8.27. The first-order valence-electron chi connectivity index (χ1n) is 12.0. The summed E-state index contributed by atoms with van der Waals surface area (Å²) in [4.78, 5) is 6.04. The van der Waals surface area contributed by atoms with Gasteiger partial charge in [-0.3, -0.25) is 9.80 Å². The summed E-state index contributed by atoms with van der Waals surface area (Å²) < 4.78 is 0. The van der Waals surface area contributed by atoms with Crippen LogP contribution in [0.25, 0.3) is 0 Å². The van der Waals surface area contributed by atoms with E-state index in [9.17, 15) is 0 Å². The van der Waals surface area contributed by atoms with Gasteiger partial charge in [-0.05, 0) is 61.9 Å². The second kappa shape index (κ2) is 7.39. The quantitative estimate of drug-likeness (QED) is 0.460. The Kier molecular flexibility index (Phi) is 5.47. The molecule has 26 heavy (non-hydrogen) atoms. The predicted molar refractivity (Wildman–Crippen MR) is 111 cm³/mol. The lowest BCUT2D eigenvalue weighted by atomic mass is 9.41. The van der Waals surface area contributed by atoms with Gasteiger partial charge in [0.1, 0.15) is 0 Å². The zero-order chi connectivity index (χ0) is 18.4. The molecule has 6 atom stereocenters. The van der Waals surface area contributed by atoms with Gasteiger partial charge in [-0.2, -0.15) is 0 Å². The normalized spacial score (nSPS) is 44.3. The fourth-order valence-electron chi connectivity index (χ4n) is 8.27. The second-order valence-electron chi connectivity index (χ2n) is 10.8. The summed E-state index contributed by atoms with van der Waals surface area (Å²) >= 11 is 0. The van der Waals surface area contributed by atoms with Crippen LogP contribution >= 0.6 is 0 Å². The average molecular weight is 361 g/mol. The van der Waals surface area contributed by atoms with Crippen molar-refractivity contribution in [1.29, 1.82) is 0 Å². The van der Waals surface area contributed by atoms with Gasteiger partial charge in [-0.1, -0.05) is 66.2 Å². The van der Waals surface area contributed by atoms with E-state index in [2.05, 4.69) is 37.5 Å². The van der Waals surface area contributed by atoms with Gasteiger partial charge in [0.15, 0.2) is 0 Å². The van der Waals surface area contributed by atoms with Crippen molar-refractivity contribution in [3.63, 3.8) is 0 Å². The van der Waals surface area contributed by atoms with E-state index < -0.39 is 0 Å². The van der Waals surface area contributed by atoms with Gasteiger partial charge in [-0.15, -0.1) is 0 Å². The molecule has 0 N–H and O–H groups in total. The van der Waals surface area contributed by atoms with Gasteiger partial charge in [0, 0.05) is 24.7 Å². The van der Waals surface area contributed by atoms with Crippen molar-refractivity contribution in [1.82, 2.24) is 9.80 Å². The molecule has 0 amide bonds. The van der Waals surface area contributed by atoms with Crippen molar-refractivity contribution in [2.24, 2.45) is 16.7 Å². The minimum absolute atomic E-state index is 0.556. The maximum atomic E-state index is 3.05. The third kappa shape index (κ3) is 2.89. The van der Waals surface area contributed by atoms with Crippen LogP contribution in [-0.2, 0) is 0 Å². The lowest BCUT2D eigenvalue weighted by Gasteiger charge is -2.79. The maximum absolute atomic E-state index is 3.05. The first-order valence-corrected chi connectivity index (χ1v) is 12.0. The van der Waals surface area contributed by atoms with E-state index in [0.717, 1.165) is 24.0 Å². The Balaban J connectivity index is 1.48. The van der Waals surface area contributed by atoms with E-state index in [4.69, 9.17) is 0 Å². The molecule has 2 saturated carbocycles. The Hall–Kier alpha value is -0.0800. The highest BCUT2D eigenvalue weighted by Crippen LogP contribution is 2.68. The van der Waals surface area contributed by atoms with Gasteiger partial charge in [0.05, 0.1) is 0 Å². The molecule has 5 saturated heterocycles. The van der Waals surface area contributed by atoms with Crippen molar-refractivity contribution < 1.29 is 0 Å². The molecule has 2 heteroatoms. The third-order valence-electron chi connectivity index (χ3n) is 8.83. The monoisotopic (exact) mass is 360 g/mol. The van der Waals surface area contributed by atoms with Crippen LogP contribution in [0.3, 0.4) is 0 Å². The Morgan fingerprint density at radius 3 is 2.23 bits per heavy atom. The number of nitrogens with zero attached hydrogens (tertiary/aromatic N) is 2. The highest BCUT2D eigenvalue weighted by Gasteiger charge is 2.72.